The number of hydrogen-bond acceptors (Lipinski definition) is 4. The van der Waals surface area contributed by atoms with E-state index in [9.17, 15) is 4.79 Å². The maximum absolute atomic E-state index is 10.3. The van der Waals surface area contributed by atoms with Crippen molar-refractivity contribution >= 4 is 23.6 Å². The van der Waals surface area contributed by atoms with Crippen molar-refractivity contribution < 1.29 is 9.90 Å². The summed E-state index contributed by atoms with van der Waals surface area (Å²) in [5.74, 6) is -1.11. The van der Waals surface area contributed by atoms with Gasteiger partial charge in [-0.1, -0.05) is 0 Å². The summed E-state index contributed by atoms with van der Waals surface area (Å²) in [7, 11) is 0. The topological polar surface area (TPSA) is 76.2 Å². The van der Waals surface area contributed by atoms with Gasteiger partial charge in [-0.3, -0.25) is 0 Å². The first kappa shape index (κ1) is 8.73. The summed E-state index contributed by atoms with van der Waals surface area (Å²) in [4.78, 5) is 11.1. The number of nitrogens with two attached hydrogens (primary N) is 1. The van der Waals surface area contributed by atoms with Gasteiger partial charge in [0, 0.05) is 0 Å². The van der Waals surface area contributed by atoms with Gasteiger partial charge in [0.05, 0.1) is 10.6 Å². The summed E-state index contributed by atoms with van der Waals surface area (Å²) in [6.07, 6.45) is 1.40. The van der Waals surface area contributed by atoms with Crippen LogP contribution in [0, 0.1) is 6.92 Å². The largest absolute Gasteiger partial charge is 0.477 e. The SMILES string of the molecule is Cc1cc(/C=C(/N)C(=O)O)sn1. The molecule has 12 heavy (non-hydrogen) atoms. The Hall–Kier alpha value is -1.36. The molecule has 0 bridgehead atoms. The van der Waals surface area contributed by atoms with E-state index in [1.54, 1.807) is 6.07 Å². The summed E-state index contributed by atoms with van der Waals surface area (Å²) in [6.45, 7) is 1.84. The number of carbonyl (C=O) groups is 1. The predicted molar refractivity (Wildman–Crippen MR) is 46.7 cm³/mol. The molecule has 1 aromatic heterocycles. The van der Waals surface area contributed by atoms with Gasteiger partial charge in [0.1, 0.15) is 5.70 Å². The van der Waals surface area contributed by atoms with E-state index in [4.69, 9.17) is 10.8 Å². The third-order valence-electron chi connectivity index (χ3n) is 1.19. The quantitative estimate of drug-likeness (QED) is 0.667. The first-order valence-corrected chi connectivity index (χ1v) is 4.00. The molecule has 0 fully saturated rings. The fourth-order valence-electron chi connectivity index (χ4n) is 0.666. The van der Waals surface area contributed by atoms with Crippen molar-refractivity contribution in [3.8, 4) is 0 Å². The first-order chi connectivity index (χ1) is 5.59. The number of carboxylic acids is 1. The summed E-state index contributed by atoms with van der Waals surface area (Å²) < 4.78 is 3.98. The van der Waals surface area contributed by atoms with Gasteiger partial charge in [0.25, 0.3) is 0 Å². The van der Waals surface area contributed by atoms with E-state index < -0.39 is 5.97 Å². The van der Waals surface area contributed by atoms with Gasteiger partial charge in [-0.2, -0.15) is 4.37 Å². The van der Waals surface area contributed by atoms with Gasteiger partial charge in [-0.05, 0) is 30.6 Å². The van der Waals surface area contributed by atoms with Crippen LogP contribution in [0.15, 0.2) is 11.8 Å². The maximum atomic E-state index is 10.3. The Morgan fingerprint density at radius 2 is 2.50 bits per heavy atom. The molecular formula is C7H8N2O2S. The molecule has 0 aliphatic carbocycles. The fourth-order valence-corrected chi connectivity index (χ4v) is 1.37. The van der Waals surface area contributed by atoms with Crippen LogP contribution >= 0.6 is 11.5 Å². The molecular weight excluding hydrogens is 176 g/mol. The molecule has 1 heterocycles. The molecule has 0 saturated carbocycles. The fraction of sp³-hybridized carbons (Fsp3) is 0.143. The minimum atomic E-state index is -1.11. The van der Waals surface area contributed by atoms with E-state index in [1.807, 2.05) is 6.92 Å². The summed E-state index contributed by atoms with van der Waals surface area (Å²) in [6, 6.07) is 1.78. The van der Waals surface area contributed by atoms with Crippen molar-refractivity contribution in [2.24, 2.45) is 5.73 Å². The molecule has 0 aliphatic heterocycles. The number of nitrogens with zero attached hydrogens (tertiary/aromatic N) is 1. The van der Waals surface area contributed by atoms with Gasteiger partial charge in [0.2, 0.25) is 0 Å². The Morgan fingerprint density at radius 1 is 1.83 bits per heavy atom. The third-order valence-corrected chi connectivity index (χ3v) is 2.02. The highest BCUT2D eigenvalue weighted by atomic mass is 32.1. The first-order valence-electron chi connectivity index (χ1n) is 3.23. The molecule has 64 valence electrons. The van der Waals surface area contributed by atoms with Gasteiger partial charge in [-0.15, -0.1) is 0 Å². The smallest absolute Gasteiger partial charge is 0.351 e. The normalized spacial score (nSPS) is 11.6. The summed E-state index contributed by atoms with van der Waals surface area (Å²) in [5, 5.41) is 8.44. The number of aryl methyl sites for hydroxylation is 1. The molecule has 1 aromatic rings. The average molecular weight is 184 g/mol. The lowest BCUT2D eigenvalue weighted by Crippen LogP contribution is -2.08. The second-order valence-corrected chi connectivity index (χ2v) is 3.11. The zero-order valence-corrected chi connectivity index (χ0v) is 7.26. The molecule has 0 spiro atoms. The van der Waals surface area contributed by atoms with Crippen LogP contribution in [0.5, 0.6) is 0 Å². The molecule has 0 radical (unpaired) electrons. The molecule has 0 saturated heterocycles. The Labute approximate surface area is 73.5 Å². The maximum Gasteiger partial charge on any atom is 0.351 e. The zero-order chi connectivity index (χ0) is 9.14. The number of hydrogen-bond donors (Lipinski definition) is 2. The highest BCUT2D eigenvalue weighted by Crippen LogP contribution is 2.11. The summed E-state index contributed by atoms with van der Waals surface area (Å²) in [5.41, 5.74) is 5.90. The van der Waals surface area contributed by atoms with Crippen LogP contribution in [0.3, 0.4) is 0 Å². The van der Waals surface area contributed by atoms with Crippen molar-refractivity contribution in [3.63, 3.8) is 0 Å². The minimum absolute atomic E-state index is 0.168. The van der Waals surface area contributed by atoms with Crippen molar-refractivity contribution in [2.75, 3.05) is 0 Å². The molecule has 0 amide bonds. The van der Waals surface area contributed by atoms with E-state index in [2.05, 4.69) is 4.37 Å². The van der Waals surface area contributed by atoms with Gasteiger partial charge in [0.15, 0.2) is 0 Å². The van der Waals surface area contributed by atoms with E-state index >= 15 is 0 Å². The highest BCUT2D eigenvalue weighted by molar-refractivity contribution is 7.06. The van der Waals surface area contributed by atoms with Crippen molar-refractivity contribution in [2.45, 2.75) is 6.92 Å². The van der Waals surface area contributed by atoms with Crippen LogP contribution in [0.2, 0.25) is 0 Å². The Morgan fingerprint density at radius 3 is 2.92 bits per heavy atom. The lowest BCUT2D eigenvalue weighted by atomic mass is 10.3. The van der Waals surface area contributed by atoms with Crippen LogP contribution in [-0.2, 0) is 4.79 Å². The number of carboxylic acid groups (broad SMARTS) is 1. The second kappa shape index (κ2) is 3.36. The molecule has 0 unspecified atom stereocenters. The van der Waals surface area contributed by atoms with E-state index in [1.165, 1.54) is 17.6 Å². The Balaban J connectivity index is 2.87. The average Bonchev–Trinajstić information content (AvgIpc) is 2.35. The Kier molecular flexibility index (Phi) is 2.44. The van der Waals surface area contributed by atoms with E-state index in [0.717, 1.165) is 10.6 Å². The number of aliphatic carboxylic acids is 1. The van der Waals surface area contributed by atoms with Crippen LogP contribution < -0.4 is 5.73 Å². The third kappa shape index (κ3) is 2.06. The van der Waals surface area contributed by atoms with E-state index in [-0.39, 0.29) is 5.70 Å². The standard InChI is InChI=1S/C7H8N2O2S/c1-4-2-5(12-9-4)3-6(8)7(10)11/h2-3H,8H2,1H3,(H,10,11)/b6-3+. The molecule has 0 aliphatic rings. The van der Waals surface area contributed by atoms with Gasteiger partial charge < -0.3 is 10.8 Å². The molecule has 0 aromatic carbocycles. The lowest BCUT2D eigenvalue weighted by Gasteiger charge is -1.89. The van der Waals surface area contributed by atoms with Crippen LogP contribution in [-0.4, -0.2) is 15.4 Å². The number of aromatic nitrogens is 1. The molecule has 3 N–H and O–H groups in total. The molecule has 5 heteroatoms. The highest BCUT2D eigenvalue weighted by Gasteiger charge is 2.02. The van der Waals surface area contributed by atoms with E-state index in [0.29, 0.717) is 0 Å². The van der Waals surface area contributed by atoms with Crippen LogP contribution in [0.4, 0.5) is 0 Å². The number of rotatable bonds is 2. The van der Waals surface area contributed by atoms with Crippen LogP contribution in [0.1, 0.15) is 10.6 Å². The zero-order valence-electron chi connectivity index (χ0n) is 6.44. The molecule has 1 rings (SSSR count). The van der Waals surface area contributed by atoms with Gasteiger partial charge in [-0.25, -0.2) is 4.79 Å². The molecule has 0 atom stereocenters. The van der Waals surface area contributed by atoms with Crippen LogP contribution in [0.25, 0.3) is 6.08 Å². The monoisotopic (exact) mass is 184 g/mol. The minimum Gasteiger partial charge on any atom is -0.477 e. The summed E-state index contributed by atoms with van der Waals surface area (Å²) >= 11 is 1.23. The van der Waals surface area contributed by atoms with Gasteiger partial charge >= 0.3 is 5.97 Å². The molecule has 4 nitrogen and oxygen atoms in total. The predicted octanol–water partition coefficient (Wildman–Crippen LogP) is 0.836. The van der Waals surface area contributed by atoms with Crippen molar-refractivity contribution in [1.29, 1.82) is 0 Å². The van der Waals surface area contributed by atoms with Crippen molar-refractivity contribution in [1.82, 2.24) is 4.37 Å². The van der Waals surface area contributed by atoms with Crippen molar-refractivity contribution in [3.05, 3.63) is 22.3 Å². The Bertz CT molecular complexity index is 330. The lowest BCUT2D eigenvalue weighted by molar-refractivity contribution is -0.132. The second-order valence-electron chi connectivity index (χ2n) is 2.28.